The van der Waals surface area contributed by atoms with E-state index >= 15 is 0 Å². The maximum Gasteiger partial charge on any atom is 0.307 e. The van der Waals surface area contributed by atoms with Crippen LogP contribution in [0.2, 0.25) is 0 Å². The Balaban J connectivity index is 2.49. The minimum Gasteiger partial charge on any atom is -0.481 e. The number of hydrogen-bond donors (Lipinski definition) is 1. The van der Waals surface area contributed by atoms with Crippen LogP contribution in [0.5, 0.6) is 0 Å². The van der Waals surface area contributed by atoms with Crippen LogP contribution in [-0.2, 0) is 11.2 Å². The van der Waals surface area contributed by atoms with Crippen molar-refractivity contribution in [3.8, 4) is 11.1 Å². The number of carboxylic acids is 1. The van der Waals surface area contributed by atoms with Gasteiger partial charge in [-0.1, -0.05) is 0 Å². The summed E-state index contributed by atoms with van der Waals surface area (Å²) < 4.78 is 40.4. The van der Waals surface area contributed by atoms with Crippen LogP contribution in [0.15, 0.2) is 30.6 Å². The SMILES string of the molecule is O=C(O)Cc1cc(F)c(-c2cncc(F)c2)cc1F. The normalized spacial score (nSPS) is 10.5. The number of aromatic nitrogens is 1. The first-order chi connectivity index (χ1) is 8.97. The molecule has 0 spiro atoms. The summed E-state index contributed by atoms with van der Waals surface area (Å²) in [6.07, 6.45) is 1.51. The fourth-order valence-electron chi connectivity index (χ4n) is 1.67. The topological polar surface area (TPSA) is 50.2 Å². The molecule has 0 saturated heterocycles. The van der Waals surface area contributed by atoms with E-state index in [0.29, 0.717) is 0 Å². The fraction of sp³-hybridized carbons (Fsp3) is 0.0769. The molecule has 2 aromatic rings. The Morgan fingerprint density at radius 2 is 1.84 bits per heavy atom. The molecule has 0 bridgehead atoms. The van der Waals surface area contributed by atoms with Crippen LogP contribution < -0.4 is 0 Å². The third-order valence-corrected chi connectivity index (χ3v) is 2.49. The molecule has 0 amide bonds. The van der Waals surface area contributed by atoms with Gasteiger partial charge in [0.2, 0.25) is 0 Å². The molecule has 0 saturated carbocycles. The molecule has 3 nitrogen and oxygen atoms in total. The van der Waals surface area contributed by atoms with Crippen LogP contribution >= 0.6 is 0 Å². The molecule has 98 valence electrons. The predicted octanol–water partition coefficient (Wildman–Crippen LogP) is 2.79. The Morgan fingerprint density at radius 3 is 2.47 bits per heavy atom. The van der Waals surface area contributed by atoms with Crippen molar-refractivity contribution in [1.29, 1.82) is 0 Å². The highest BCUT2D eigenvalue weighted by atomic mass is 19.1. The highest BCUT2D eigenvalue weighted by Gasteiger charge is 2.14. The van der Waals surface area contributed by atoms with Gasteiger partial charge in [-0.3, -0.25) is 9.78 Å². The zero-order valence-corrected chi connectivity index (χ0v) is 9.53. The van der Waals surface area contributed by atoms with E-state index in [1.165, 1.54) is 6.20 Å². The van der Waals surface area contributed by atoms with Gasteiger partial charge < -0.3 is 5.11 Å². The summed E-state index contributed by atoms with van der Waals surface area (Å²) in [4.78, 5) is 14.0. The molecule has 0 fully saturated rings. The lowest BCUT2D eigenvalue weighted by Crippen LogP contribution is -2.04. The molecule has 0 atom stereocenters. The molecule has 1 heterocycles. The van der Waals surface area contributed by atoms with Crippen molar-refractivity contribution in [2.45, 2.75) is 6.42 Å². The monoisotopic (exact) mass is 267 g/mol. The molecule has 0 radical (unpaired) electrons. The van der Waals surface area contributed by atoms with E-state index in [2.05, 4.69) is 4.98 Å². The lowest BCUT2D eigenvalue weighted by Gasteiger charge is -2.07. The Hall–Kier alpha value is -2.37. The second-order valence-corrected chi connectivity index (χ2v) is 3.89. The van der Waals surface area contributed by atoms with Gasteiger partial charge in [0.15, 0.2) is 0 Å². The third kappa shape index (κ3) is 2.90. The molecular formula is C13H8F3NO2. The van der Waals surface area contributed by atoms with Gasteiger partial charge in [-0.2, -0.15) is 0 Å². The first kappa shape index (κ1) is 13.1. The summed E-state index contributed by atoms with van der Waals surface area (Å²) in [5, 5.41) is 8.56. The summed E-state index contributed by atoms with van der Waals surface area (Å²) >= 11 is 0. The average molecular weight is 267 g/mol. The number of carboxylic acid groups (broad SMARTS) is 1. The van der Waals surface area contributed by atoms with Gasteiger partial charge in [0, 0.05) is 22.9 Å². The minimum atomic E-state index is -1.27. The molecule has 1 aromatic heterocycles. The minimum absolute atomic E-state index is 0.0817. The summed E-state index contributed by atoms with van der Waals surface area (Å²) in [7, 11) is 0. The van der Waals surface area contributed by atoms with Crippen LogP contribution in [-0.4, -0.2) is 16.1 Å². The maximum absolute atomic E-state index is 13.8. The predicted molar refractivity (Wildman–Crippen MR) is 60.9 cm³/mol. The Kier molecular flexibility index (Phi) is 3.50. The average Bonchev–Trinajstić information content (AvgIpc) is 2.32. The third-order valence-electron chi connectivity index (χ3n) is 2.49. The maximum atomic E-state index is 13.8. The summed E-state index contributed by atoms with van der Waals surface area (Å²) in [5.41, 5.74) is -0.352. The lowest BCUT2D eigenvalue weighted by atomic mass is 10.0. The molecular weight excluding hydrogens is 259 g/mol. The van der Waals surface area contributed by atoms with Crippen molar-refractivity contribution in [2.24, 2.45) is 0 Å². The molecule has 0 aliphatic rings. The lowest BCUT2D eigenvalue weighted by molar-refractivity contribution is -0.136. The second-order valence-electron chi connectivity index (χ2n) is 3.89. The summed E-state index contributed by atoms with van der Waals surface area (Å²) in [6, 6.07) is 2.65. The number of pyridine rings is 1. The van der Waals surface area contributed by atoms with Gasteiger partial charge in [0.1, 0.15) is 17.5 Å². The number of benzene rings is 1. The smallest absolute Gasteiger partial charge is 0.307 e. The van der Waals surface area contributed by atoms with Gasteiger partial charge >= 0.3 is 5.97 Å². The molecule has 0 aliphatic carbocycles. The van der Waals surface area contributed by atoms with Crippen LogP contribution in [0.3, 0.4) is 0 Å². The van der Waals surface area contributed by atoms with Gasteiger partial charge in [-0.05, 0) is 18.2 Å². The van der Waals surface area contributed by atoms with Crippen LogP contribution in [0.25, 0.3) is 11.1 Å². The molecule has 2 rings (SSSR count). The number of rotatable bonds is 3. The standard InChI is InChI=1S/C13H8F3NO2/c14-9-1-8(5-17-6-9)10-4-11(15)7(2-12(10)16)3-13(18)19/h1-2,4-6H,3H2,(H,18,19). The molecule has 6 heteroatoms. The van der Waals surface area contributed by atoms with E-state index in [9.17, 15) is 18.0 Å². The van der Waals surface area contributed by atoms with Crippen LogP contribution in [0.1, 0.15) is 5.56 Å². The van der Waals surface area contributed by atoms with Crippen molar-refractivity contribution in [2.75, 3.05) is 0 Å². The van der Waals surface area contributed by atoms with E-state index in [1.807, 2.05) is 0 Å². The summed E-state index contributed by atoms with van der Waals surface area (Å²) in [5.74, 6) is -3.63. The Bertz CT molecular complexity index is 644. The van der Waals surface area contributed by atoms with E-state index < -0.39 is 29.8 Å². The Labute approximate surface area is 106 Å². The van der Waals surface area contributed by atoms with Gasteiger partial charge in [0.05, 0.1) is 12.6 Å². The van der Waals surface area contributed by atoms with E-state index in [4.69, 9.17) is 5.11 Å². The second kappa shape index (κ2) is 5.09. The van der Waals surface area contributed by atoms with Gasteiger partial charge in [0.25, 0.3) is 0 Å². The first-order valence-corrected chi connectivity index (χ1v) is 5.28. The van der Waals surface area contributed by atoms with E-state index in [-0.39, 0.29) is 16.7 Å². The van der Waals surface area contributed by atoms with Crippen molar-refractivity contribution in [3.05, 3.63) is 53.6 Å². The molecule has 1 N–H and O–H groups in total. The number of carbonyl (C=O) groups is 1. The van der Waals surface area contributed by atoms with Gasteiger partial charge in [-0.15, -0.1) is 0 Å². The number of aliphatic carboxylic acids is 1. The van der Waals surface area contributed by atoms with Gasteiger partial charge in [-0.25, -0.2) is 13.2 Å². The molecule has 19 heavy (non-hydrogen) atoms. The summed E-state index contributed by atoms with van der Waals surface area (Å²) in [6.45, 7) is 0. The van der Waals surface area contributed by atoms with Crippen molar-refractivity contribution in [3.63, 3.8) is 0 Å². The fourth-order valence-corrected chi connectivity index (χ4v) is 1.67. The number of nitrogens with zero attached hydrogens (tertiary/aromatic N) is 1. The van der Waals surface area contributed by atoms with Crippen molar-refractivity contribution in [1.82, 2.24) is 4.98 Å². The first-order valence-electron chi connectivity index (χ1n) is 5.28. The molecule has 0 unspecified atom stereocenters. The zero-order chi connectivity index (χ0) is 14.0. The highest BCUT2D eigenvalue weighted by molar-refractivity contribution is 5.71. The molecule has 0 aliphatic heterocycles. The largest absolute Gasteiger partial charge is 0.481 e. The van der Waals surface area contributed by atoms with Crippen molar-refractivity contribution < 1.29 is 23.1 Å². The van der Waals surface area contributed by atoms with Crippen molar-refractivity contribution >= 4 is 5.97 Å². The van der Waals surface area contributed by atoms with E-state index in [1.54, 1.807) is 0 Å². The van der Waals surface area contributed by atoms with E-state index in [0.717, 1.165) is 24.4 Å². The number of halogens is 3. The van der Waals surface area contributed by atoms with Crippen LogP contribution in [0.4, 0.5) is 13.2 Å². The zero-order valence-electron chi connectivity index (χ0n) is 9.53. The molecule has 1 aromatic carbocycles. The quantitative estimate of drug-likeness (QED) is 0.930. The Morgan fingerprint density at radius 1 is 1.11 bits per heavy atom. The van der Waals surface area contributed by atoms with Crippen LogP contribution in [0, 0.1) is 17.5 Å². The number of hydrogen-bond acceptors (Lipinski definition) is 2. The highest BCUT2D eigenvalue weighted by Crippen LogP contribution is 2.25.